The van der Waals surface area contributed by atoms with Crippen LogP contribution >= 0.6 is 0 Å². The SMILES string of the molecule is Cc1c(N=Cc2c(O)c([N+](=O)[O-])cc3oc4c(c23)CCCC4)c(=O)n(-c2ccccc2)n1C. The van der Waals surface area contributed by atoms with E-state index in [1.54, 1.807) is 18.7 Å². The Bertz CT molecular complexity index is 1490. The molecule has 1 N–H and O–H groups in total. The molecule has 33 heavy (non-hydrogen) atoms. The van der Waals surface area contributed by atoms with Gasteiger partial charge in [0.15, 0.2) is 5.69 Å². The minimum atomic E-state index is -0.649. The van der Waals surface area contributed by atoms with Crippen LogP contribution in [0.25, 0.3) is 16.7 Å². The maximum absolute atomic E-state index is 13.2. The van der Waals surface area contributed by atoms with Gasteiger partial charge in [-0.2, -0.15) is 0 Å². The summed E-state index contributed by atoms with van der Waals surface area (Å²) < 4.78 is 9.12. The normalized spacial score (nSPS) is 13.6. The number of aryl methyl sites for hydroxylation is 2. The third kappa shape index (κ3) is 3.24. The van der Waals surface area contributed by atoms with E-state index in [4.69, 9.17) is 4.42 Å². The first kappa shape index (κ1) is 20.7. The molecule has 0 saturated heterocycles. The van der Waals surface area contributed by atoms with Crippen LogP contribution in [0.15, 0.2) is 50.6 Å². The van der Waals surface area contributed by atoms with Crippen LogP contribution in [0.4, 0.5) is 11.4 Å². The Hall–Kier alpha value is -4.14. The van der Waals surface area contributed by atoms with Crippen molar-refractivity contribution < 1.29 is 14.4 Å². The summed E-state index contributed by atoms with van der Waals surface area (Å²) in [4.78, 5) is 28.5. The Morgan fingerprint density at radius 2 is 1.94 bits per heavy atom. The second kappa shape index (κ2) is 7.77. The van der Waals surface area contributed by atoms with Crippen molar-refractivity contribution in [2.24, 2.45) is 12.0 Å². The molecule has 0 spiro atoms. The van der Waals surface area contributed by atoms with Crippen LogP contribution < -0.4 is 5.56 Å². The zero-order valence-electron chi connectivity index (χ0n) is 18.2. The van der Waals surface area contributed by atoms with E-state index < -0.39 is 16.4 Å². The molecule has 2 heterocycles. The number of nitrogens with zero attached hydrogens (tertiary/aromatic N) is 4. The van der Waals surface area contributed by atoms with Crippen LogP contribution in [-0.4, -0.2) is 25.6 Å². The maximum Gasteiger partial charge on any atom is 0.315 e. The molecule has 4 aromatic rings. The predicted octanol–water partition coefficient (Wildman–Crippen LogP) is 4.47. The van der Waals surface area contributed by atoms with Crippen LogP contribution in [0.3, 0.4) is 0 Å². The summed E-state index contributed by atoms with van der Waals surface area (Å²) in [5.41, 5.74) is 2.20. The second-order valence-corrected chi connectivity index (χ2v) is 8.17. The van der Waals surface area contributed by atoms with E-state index >= 15 is 0 Å². The van der Waals surface area contributed by atoms with Crippen molar-refractivity contribution in [2.45, 2.75) is 32.6 Å². The minimum Gasteiger partial charge on any atom is -0.502 e. The van der Waals surface area contributed by atoms with Gasteiger partial charge in [0.05, 0.1) is 27.9 Å². The molecule has 0 aliphatic heterocycles. The van der Waals surface area contributed by atoms with Crippen molar-refractivity contribution in [1.29, 1.82) is 0 Å². The molecule has 2 aromatic carbocycles. The van der Waals surface area contributed by atoms with Crippen LogP contribution in [0.5, 0.6) is 5.75 Å². The van der Waals surface area contributed by atoms with E-state index in [1.807, 2.05) is 30.3 Å². The Balaban J connectivity index is 1.71. The number of aliphatic imine (C=N–C) groups is 1. The number of nitro benzene ring substituents is 1. The fraction of sp³-hybridized carbons (Fsp3) is 0.250. The lowest BCUT2D eigenvalue weighted by molar-refractivity contribution is -0.385. The van der Waals surface area contributed by atoms with Gasteiger partial charge in [-0.1, -0.05) is 18.2 Å². The first-order valence-electron chi connectivity index (χ1n) is 10.7. The summed E-state index contributed by atoms with van der Waals surface area (Å²) in [5.74, 6) is 0.301. The van der Waals surface area contributed by atoms with Crippen LogP contribution in [-0.2, 0) is 19.9 Å². The highest BCUT2D eigenvalue weighted by Crippen LogP contribution is 2.41. The van der Waals surface area contributed by atoms with Gasteiger partial charge in [0.1, 0.15) is 11.3 Å². The fourth-order valence-corrected chi connectivity index (χ4v) is 4.53. The Labute approximate surface area is 188 Å². The van der Waals surface area contributed by atoms with Crippen molar-refractivity contribution in [2.75, 3.05) is 0 Å². The minimum absolute atomic E-state index is 0.192. The highest BCUT2D eigenvalue weighted by Gasteiger charge is 2.27. The van der Waals surface area contributed by atoms with Crippen molar-refractivity contribution in [1.82, 2.24) is 9.36 Å². The zero-order chi connectivity index (χ0) is 23.3. The summed E-state index contributed by atoms with van der Waals surface area (Å²) in [6.07, 6.45) is 4.79. The average molecular weight is 446 g/mol. The number of para-hydroxylation sites is 1. The first-order valence-corrected chi connectivity index (χ1v) is 10.7. The number of furan rings is 1. The summed E-state index contributed by atoms with van der Waals surface area (Å²) in [6.45, 7) is 1.77. The maximum atomic E-state index is 13.2. The molecule has 0 atom stereocenters. The van der Waals surface area contributed by atoms with Gasteiger partial charge in [-0.25, -0.2) is 9.67 Å². The van der Waals surface area contributed by atoms with Crippen molar-refractivity contribution in [3.63, 3.8) is 0 Å². The molecule has 0 saturated carbocycles. The molecule has 0 fully saturated rings. The number of nitro groups is 1. The number of aromatic hydroxyl groups is 1. The fourth-order valence-electron chi connectivity index (χ4n) is 4.53. The lowest BCUT2D eigenvalue weighted by Crippen LogP contribution is -2.19. The second-order valence-electron chi connectivity index (χ2n) is 8.17. The number of phenols is 1. The Morgan fingerprint density at radius 3 is 2.67 bits per heavy atom. The molecule has 9 nitrogen and oxygen atoms in total. The van der Waals surface area contributed by atoms with E-state index in [1.165, 1.54) is 17.0 Å². The Kier molecular flexibility index (Phi) is 4.88. The summed E-state index contributed by atoms with van der Waals surface area (Å²) >= 11 is 0. The molecule has 9 heteroatoms. The van der Waals surface area contributed by atoms with Gasteiger partial charge in [-0.3, -0.25) is 19.6 Å². The third-order valence-corrected chi connectivity index (χ3v) is 6.28. The first-order chi connectivity index (χ1) is 15.9. The topological polar surface area (TPSA) is 116 Å². The number of hydrogen-bond donors (Lipinski definition) is 1. The highest BCUT2D eigenvalue weighted by atomic mass is 16.6. The lowest BCUT2D eigenvalue weighted by atomic mass is 9.93. The Morgan fingerprint density at radius 1 is 1.21 bits per heavy atom. The molecule has 0 amide bonds. The van der Waals surface area contributed by atoms with Gasteiger partial charge < -0.3 is 9.52 Å². The smallest absolute Gasteiger partial charge is 0.315 e. The van der Waals surface area contributed by atoms with Gasteiger partial charge in [0.2, 0.25) is 5.75 Å². The van der Waals surface area contributed by atoms with E-state index in [-0.39, 0.29) is 16.8 Å². The predicted molar refractivity (Wildman–Crippen MR) is 124 cm³/mol. The number of benzene rings is 2. The average Bonchev–Trinajstić information content (AvgIpc) is 3.28. The number of hydrogen-bond acceptors (Lipinski definition) is 6. The van der Waals surface area contributed by atoms with Gasteiger partial charge in [0, 0.05) is 30.6 Å². The number of rotatable bonds is 4. The zero-order valence-corrected chi connectivity index (χ0v) is 18.2. The van der Waals surface area contributed by atoms with Gasteiger partial charge in [-0.15, -0.1) is 0 Å². The largest absolute Gasteiger partial charge is 0.502 e. The van der Waals surface area contributed by atoms with Crippen molar-refractivity contribution >= 4 is 28.6 Å². The third-order valence-electron chi connectivity index (χ3n) is 6.28. The van der Waals surface area contributed by atoms with Crippen LogP contribution in [0, 0.1) is 17.0 Å². The van der Waals surface area contributed by atoms with E-state index in [0.717, 1.165) is 37.0 Å². The van der Waals surface area contributed by atoms with E-state index in [2.05, 4.69) is 4.99 Å². The molecule has 0 unspecified atom stereocenters. The summed E-state index contributed by atoms with van der Waals surface area (Å²) in [6, 6.07) is 10.5. The quantitative estimate of drug-likeness (QED) is 0.282. The molecule has 168 valence electrons. The molecule has 0 bridgehead atoms. The molecule has 2 aromatic heterocycles. The van der Waals surface area contributed by atoms with Crippen LogP contribution in [0.2, 0.25) is 0 Å². The molecule has 1 aliphatic carbocycles. The highest BCUT2D eigenvalue weighted by molar-refractivity contribution is 6.05. The van der Waals surface area contributed by atoms with Crippen molar-refractivity contribution in [3.05, 3.63) is 79.4 Å². The summed E-state index contributed by atoms with van der Waals surface area (Å²) in [5, 5.41) is 22.9. The number of phenolic OH excluding ortho intramolecular Hbond substituents is 1. The monoisotopic (exact) mass is 446 g/mol. The summed E-state index contributed by atoms with van der Waals surface area (Å²) in [7, 11) is 1.76. The molecule has 1 aliphatic rings. The standard InChI is InChI=1S/C24H22N4O5/c1-14-22(24(30)27(26(14)2)15-8-4-3-5-9-15)25-13-17-21-16-10-6-7-11-19(16)33-20(21)12-18(23(17)29)28(31)32/h3-5,8-9,12-13,29H,6-7,10-11H2,1-2H3. The molecular formula is C24H22N4O5. The van der Waals surface area contributed by atoms with Gasteiger partial charge in [0.25, 0.3) is 5.56 Å². The van der Waals surface area contributed by atoms with E-state index in [9.17, 15) is 20.0 Å². The van der Waals surface area contributed by atoms with E-state index in [0.29, 0.717) is 22.4 Å². The van der Waals surface area contributed by atoms with Gasteiger partial charge >= 0.3 is 5.69 Å². The lowest BCUT2D eigenvalue weighted by Gasteiger charge is -2.10. The molecule has 0 radical (unpaired) electrons. The molecule has 5 rings (SSSR count). The molecular weight excluding hydrogens is 424 g/mol. The number of fused-ring (bicyclic) bond motifs is 3. The number of aromatic nitrogens is 2. The van der Waals surface area contributed by atoms with Crippen molar-refractivity contribution in [3.8, 4) is 11.4 Å². The van der Waals surface area contributed by atoms with Gasteiger partial charge in [-0.05, 0) is 38.3 Å². The van der Waals surface area contributed by atoms with Crippen LogP contribution in [0.1, 0.15) is 35.4 Å².